The van der Waals surface area contributed by atoms with E-state index >= 15 is 0 Å². The van der Waals surface area contributed by atoms with E-state index in [1.54, 1.807) is 0 Å². The normalized spacial score (nSPS) is 10.6. The number of pyridine rings is 1. The van der Waals surface area contributed by atoms with Gasteiger partial charge in [-0.15, -0.1) is 5.10 Å². The molecule has 0 fully saturated rings. The number of alkyl halides is 3. The maximum Gasteiger partial charge on any atom is 2.00 e. The summed E-state index contributed by atoms with van der Waals surface area (Å²) in [7, 11) is 0. The van der Waals surface area contributed by atoms with Crippen molar-refractivity contribution in [3.8, 4) is 0 Å². The van der Waals surface area contributed by atoms with Crippen molar-refractivity contribution in [1.82, 2.24) is 14.6 Å². The maximum atomic E-state index is 12.3. The molecule has 0 aromatic carbocycles. The van der Waals surface area contributed by atoms with Crippen LogP contribution in [0.15, 0.2) is 18.5 Å². The summed E-state index contributed by atoms with van der Waals surface area (Å²) < 4.78 is 37.8. The molecule has 2 rings (SSSR count). The van der Waals surface area contributed by atoms with Crippen molar-refractivity contribution >= 4 is 28.7 Å². The van der Waals surface area contributed by atoms with Crippen LogP contribution in [-0.2, 0) is 6.18 Å². The third-order valence-electron chi connectivity index (χ3n) is 1.55. The van der Waals surface area contributed by atoms with Gasteiger partial charge in [0.2, 0.25) is 0 Å². The fraction of sp³-hybridized carbons (Fsp3) is 0.143. The predicted octanol–water partition coefficient (Wildman–Crippen LogP) is -1.83. The van der Waals surface area contributed by atoms with Crippen molar-refractivity contribution < 1.29 is 25.6 Å². The number of nitrogens with zero attached hydrogens (tertiary/aromatic N) is 3. The smallest absolute Gasteiger partial charge is 1.00 e. The van der Waals surface area contributed by atoms with Crippen molar-refractivity contribution in [2.24, 2.45) is 0 Å². The minimum absolute atomic E-state index is 0. The Hall–Kier alpha value is -0.534. The van der Waals surface area contributed by atoms with E-state index in [0.717, 1.165) is 16.8 Å². The van der Waals surface area contributed by atoms with Gasteiger partial charge in [-0.1, -0.05) is 0 Å². The first-order chi connectivity index (χ1) is 6.09. The second kappa shape index (κ2) is 5.00. The SMILES string of the molecule is FC(F)(F)c1cc[c-]c2nncn12.[Cl-].[Mg+2]. The van der Waals surface area contributed by atoms with Gasteiger partial charge in [-0.25, -0.2) is 12.1 Å². The van der Waals surface area contributed by atoms with E-state index in [1.165, 1.54) is 6.07 Å². The number of aromatic nitrogens is 3. The zero-order valence-electron chi connectivity index (χ0n) is 7.29. The Bertz CT molecular complexity index is 442. The largest absolute Gasteiger partial charge is 2.00 e. The van der Waals surface area contributed by atoms with Crippen LogP contribution in [-0.4, -0.2) is 37.7 Å². The van der Waals surface area contributed by atoms with Gasteiger partial charge in [-0.2, -0.15) is 24.3 Å². The summed E-state index contributed by atoms with van der Waals surface area (Å²) >= 11 is 0. The van der Waals surface area contributed by atoms with Gasteiger partial charge in [0.1, 0.15) is 6.33 Å². The number of hydrogen-bond acceptors (Lipinski definition) is 2. The fourth-order valence-corrected chi connectivity index (χ4v) is 1.02. The summed E-state index contributed by atoms with van der Waals surface area (Å²) in [6.45, 7) is 0. The first kappa shape index (κ1) is 14.5. The van der Waals surface area contributed by atoms with E-state index in [0.29, 0.717) is 0 Å². The molecule has 0 aliphatic rings. The molecule has 3 nitrogen and oxygen atoms in total. The van der Waals surface area contributed by atoms with Crippen LogP contribution in [0.4, 0.5) is 13.2 Å². The van der Waals surface area contributed by atoms with Crippen LogP contribution in [0.2, 0.25) is 0 Å². The first-order valence-corrected chi connectivity index (χ1v) is 3.36. The monoisotopic (exact) mass is 245 g/mol. The molecular weight excluding hydrogens is 243 g/mol. The van der Waals surface area contributed by atoms with Gasteiger partial charge in [0.25, 0.3) is 0 Å². The molecule has 76 valence electrons. The average Bonchev–Trinajstić information content (AvgIpc) is 2.48. The molecule has 0 aliphatic carbocycles. The summed E-state index contributed by atoms with van der Waals surface area (Å²) in [5.41, 5.74) is -0.735. The Balaban J connectivity index is 0.000000980. The summed E-state index contributed by atoms with van der Waals surface area (Å²) in [6, 6.07) is 4.63. The van der Waals surface area contributed by atoms with Gasteiger partial charge in [0.15, 0.2) is 0 Å². The molecule has 2 aromatic heterocycles. The average molecular weight is 246 g/mol. The molecule has 15 heavy (non-hydrogen) atoms. The molecule has 0 aliphatic heterocycles. The number of fused-ring (bicyclic) bond motifs is 1. The van der Waals surface area contributed by atoms with Crippen LogP contribution in [0.1, 0.15) is 5.69 Å². The van der Waals surface area contributed by atoms with E-state index in [1.807, 2.05) is 0 Å². The van der Waals surface area contributed by atoms with Gasteiger partial charge in [0, 0.05) is 5.69 Å². The molecule has 0 radical (unpaired) electrons. The Kier molecular flexibility index (Phi) is 4.82. The van der Waals surface area contributed by atoms with Crippen LogP contribution >= 0.6 is 0 Å². The third kappa shape index (κ3) is 2.73. The first-order valence-electron chi connectivity index (χ1n) is 3.36. The van der Waals surface area contributed by atoms with Gasteiger partial charge >= 0.3 is 29.2 Å². The van der Waals surface area contributed by atoms with Gasteiger partial charge in [0.05, 0.1) is 5.65 Å². The van der Waals surface area contributed by atoms with Crippen LogP contribution in [0.25, 0.3) is 5.65 Å². The molecule has 0 atom stereocenters. The minimum atomic E-state index is -4.39. The second-order valence-corrected chi connectivity index (χ2v) is 2.39. The molecule has 0 saturated heterocycles. The van der Waals surface area contributed by atoms with E-state index in [4.69, 9.17) is 0 Å². The third-order valence-corrected chi connectivity index (χ3v) is 1.55. The molecule has 0 bridgehead atoms. The molecular formula is C7H3ClF3MgN3. The Morgan fingerprint density at radius 3 is 2.60 bits per heavy atom. The van der Waals surface area contributed by atoms with Crippen molar-refractivity contribution in [2.75, 3.05) is 0 Å². The van der Waals surface area contributed by atoms with Crippen molar-refractivity contribution in [2.45, 2.75) is 6.18 Å². The molecule has 8 heteroatoms. The van der Waals surface area contributed by atoms with Crippen LogP contribution in [0.3, 0.4) is 0 Å². The molecule has 0 N–H and O–H groups in total. The standard InChI is InChI=1S/C7H3F3N3.ClH.Mg/c8-7(9,10)5-2-1-3-6-12-11-4-13(5)6;;/h1-2,4H;1H;/q-1;;+2/p-1. The topological polar surface area (TPSA) is 30.2 Å². The molecule has 0 amide bonds. The zero-order valence-corrected chi connectivity index (χ0v) is 9.46. The van der Waals surface area contributed by atoms with Crippen molar-refractivity contribution in [3.05, 3.63) is 30.2 Å². The van der Waals surface area contributed by atoms with E-state index in [9.17, 15) is 13.2 Å². The number of hydrogen-bond donors (Lipinski definition) is 0. The molecule has 0 spiro atoms. The van der Waals surface area contributed by atoms with Gasteiger partial charge < -0.3 is 16.8 Å². The number of rotatable bonds is 0. The summed E-state index contributed by atoms with van der Waals surface area (Å²) in [4.78, 5) is 0. The molecule has 0 unspecified atom stereocenters. The maximum absolute atomic E-state index is 12.3. The Labute approximate surface area is 105 Å². The fourth-order valence-electron chi connectivity index (χ4n) is 1.02. The van der Waals surface area contributed by atoms with Crippen LogP contribution in [0.5, 0.6) is 0 Å². The van der Waals surface area contributed by atoms with Gasteiger partial charge in [-0.3, -0.25) is 0 Å². The molecule has 2 aromatic rings. The van der Waals surface area contributed by atoms with E-state index in [-0.39, 0.29) is 41.1 Å². The molecule has 2 heterocycles. The number of halogens is 4. The Morgan fingerprint density at radius 1 is 1.33 bits per heavy atom. The summed E-state index contributed by atoms with van der Waals surface area (Å²) in [5, 5.41) is 6.81. The zero-order chi connectivity index (χ0) is 9.47. The summed E-state index contributed by atoms with van der Waals surface area (Å²) in [6.07, 6.45) is -3.38. The predicted molar refractivity (Wildman–Crippen MR) is 42.6 cm³/mol. The second-order valence-electron chi connectivity index (χ2n) is 2.39. The Morgan fingerprint density at radius 2 is 2.00 bits per heavy atom. The van der Waals surface area contributed by atoms with Crippen molar-refractivity contribution in [1.29, 1.82) is 0 Å². The minimum Gasteiger partial charge on any atom is -1.00 e. The van der Waals surface area contributed by atoms with E-state index in [2.05, 4.69) is 16.3 Å². The van der Waals surface area contributed by atoms with Gasteiger partial charge in [-0.05, 0) is 0 Å². The quantitative estimate of drug-likeness (QED) is 0.404. The van der Waals surface area contributed by atoms with E-state index < -0.39 is 11.9 Å². The van der Waals surface area contributed by atoms with Crippen LogP contribution in [0, 0.1) is 6.07 Å². The van der Waals surface area contributed by atoms with Crippen LogP contribution < -0.4 is 12.4 Å². The van der Waals surface area contributed by atoms with Crippen molar-refractivity contribution in [3.63, 3.8) is 0 Å². The molecule has 0 saturated carbocycles. The summed E-state index contributed by atoms with van der Waals surface area (Å²) in [5.74, 6) is 0.